The number of para-hydroxylation sites is 4. The molecular formula is C65H42N2O2. The molecule has 14 rings (SSSR count). The Hall–Kier alpha value is -9.12. The van der Waals surface area contributed by atoms with Crippen LogP contribution in [0.15, 0.2) is 264 Å². The Labute approximate surface area is 399 Å². The minimum absolute atomic E-state index is 0.741. The summed E-state index contributed by atoms with van der Waals surface area (Å²) in [4.78, 5) is 4.86. The zero-order valence-electron chi connectivity index (χ0n) is 37.5. The average Bonchev–Trinajstić information content (AvgIpc) is 4.09. The molecule has 0 unspecified atom stereocenters. The van der Waals surface area contributed by atoms with Crippen molar-refractivity contribution in [1.82, 2.24) is 0 Å². The van der Waals surface area contributed by atoms with Crippen LogP contribution in [0, 0.1) is 0 Å². The van der Waals surface area contributed by atoms with E-state index in [2.05, 4.69) is 252 Å². The zero-order chi connectivity index (χ0) is 45.5. The summed E-state index contributed by atoms with van der Waals surface area (Å²) in [5.41, 5.74) is 16.3. The summed E-state index contributed by atoms with van der Waals surface area (Å²) < 4.78 is 13.1. The van der Waals surface area contributed by atoms with E-state index >= 15 is 0 Å². The van der Waals surface area contributed by atoms with Crippen molar-refractivity contribution >= 4 is 88.8 Å². The molecule has 4 nitrogen and oxygen atoms in total. The first-order valence-corrected chi connectivity index (χ1v) is 23.6. The van der Waals surface area contributed by atoms with E-state index in [0.29, 0.717) is 0 Å². The predicted molar refractivity (Wildman–Crippen MR) is 285 cm³/mol. The van der Waals surface area contributed by atoms with Crippen molar-refractivity contribution in [2.45, 2.75) is 5.41 Å². The fraction of sp³-hybridized carbons (Fsp3) is 0.0154. The van der Waals surface area contributed by atoms with E-state index in [1.54, 1.807) is 0 Å². The summed E-state index contributed by atoms with van der Waals surface area (Å²) in [5, 5.41) is 6.66. The highest BCUT2D eigenvalue weighted by Gasteiger charge is 2.48. The molecule has 0 saturated heterocycles. The highest BCUT2D eigenvalue weighted by molar-refractivity contribution is 6.17. The molecule has 4 heteroatoms. The van der Waals surface area contributed by atoms with Crippen LogP contribution in [-0.2, 0) is 5.41 Å². The molecule has 69 heavy (non-hydrogen) atoms. The molecule has 2 aromatic heterocycles. The molecule has 2 heterocycles. The Balaban J connectivity index is 1.10. The fourth-order valence-corrected chi connectivity index (χ4v) is 11.5. The molecule has 324 valence electrons. The van der Waals surface area contributed by atoms with Gasteiger partial charge in [0.15, 0.2) is 0 Å². The van der Waals surface area contributed by atoms with Gasteiger partial charge in [-0.15, -0.1) is 0 Å². The minimum Gasteiger partial charge on any atom is -0.456 e. The third kappa shape index (κ3) is 5.82. The van der Waals surface area contributed by atoms with Gasteiger partial charge >= 0.3 is 0 Å². The molecule has 0 atom stereocenters. The lowest BCUT2D eigenvalue weighted by molar-refractivity contribution is 0.668. The van der Waals surface area contributed by atoms with Crippen molar-refractivity contribution in [1.29, 1.82) is 0 Å². The zero-order valence-corrected chi connectivity index (χ0v) is 37.5. The normalized spacial score (nSPS) is 12.8. The van der Waals surface area contributed by atoms with Crippen LogP contribution in [0.2, 0.25) is 0 Å². The van der Waals surface area contributed by atoms with Gasteiger partial charge in [-0.05, 0) is 118 Å². The van der Waals surface area contributed by atoms with E-state index < -0.39 is 5.41 Å². The Bertz CT molecular complexity index is 4040. The smallest absolute Gasteiger partial charge is 0.137 e. The van der Waals surface area contributed by atoms with E-state index in [1.165, 1.54) is 38.8 Å². The van der Waals surface area contributed by atoms with Crippen LogP contribution in [0.3, 0.4) is 0 Å². The summed E-state index contributed by atoms with van der Waals surface area (Å²) in [7, 11) is 0. The number of hydrogen-bond acceptors (Lipinski definition) is 4. The molecule has 1 aliphatic carbocycles. The van der Waals surface area contributed by atoms with Gasteiger partial charge in [-0.2, -0.15) is 0 Å². The predicted octanol–water partition coefficient (Wildman–Crippen LogP) is 17.9. The second kappa shape index (κ2) is 15.5. The second-order valence-electron chi connectivity index (χ2n) is 17.9. The van der Waals surface area contributed by atoms with Gasteiger partial charge in [0.05, 0.1) is 33.2 Å². The molecule has 0 N–H and O–H groups in total. The topological polar surface area (TPSA) is 32.8 Å². The van der Waals surface area contributed by atoms with E-state index in [1.807, 2.05) is 12.1 Å². The molecule has 0 spiro atoms. The number of anilines is 6. The maximum absolute atomic E-state index is 6.57. The SMILES string of the molecule is c1ccc(N(c2ccc3c(c2)C(c2ccccc2)(c2ccccc2)c2cc(N(c4ccccc4)c4cccc5oc6ccccc6c45)c4ccccc4c2-3)c2cccc3oc4ccccc4c23)cc1. The maximum atomic E-state index is 6.57. The van der Waals surface area contributed by atoms with Crippen LogP contribution in [0.1, 0.15) is 22.3 Å². The molecule has 0 aliphatic heterocycles. The van der Waals surface area contributed by atoms with E-state index in [-0.39, 0.29) is 0 Å². The first kappa shape index (κ1) is 39.1. The molecular weight excluding hydrogens is 841 g/mol. The van der Waals surface area contributed by atoms with Crippen LogP contribution in [0.25, 0.3) is 65.8 Å². The first-order chi connectivity index (χ1) is 34.3. The third-order valence-corrected chi connectivity index (χ3v) is 14.3. The Morgan fingerprint density at radius 2 is 0.739 bits per heavy atom. The number of hydrogen-bond donors (Lipinski definition) is 0. The average molecular weight is 883 g/mol. The summed E-state index contributed by atoms with van der Waals surface area (Å²) in [6, 6.07) is 92.0. The van der Waals surface area contributed by atoms with Crippen molar-refractivity contribution < 1.29 is 8.83 Å². The largest absolute Gasteiger partial charge is 0.456 e. The van der Waals surface area contributed by atoms with Crippen LogP contribution in [-0.4, -0.2) is 0 Å². The van der Waals surface area contributed by atoms with Crippen LogP contribution >= 0.6 is 0 Å². The standard InChI is InChI=1S/C65H42N2O2/c1-5-21-43(22-6-1)65(44-23-7-2-8-24-44)53-41-47(66(45-25-9-3-10-26-45)55-33-19-37-60-63(55)51-31-15-17-35-58(51)68-60)39-40-50(53)62-49-30-14-13-29-48(49)57(42-54(62)65)67(46-27-11-4-12-28-46)56-34-20-38-61-64(56)52-32-16-18-36-59(52)69-61/h1-42H. The summed E-state index contributed by atoms with van der Waals surface area (Å²) in [6.07, 6.45) is 0. The van der Waals surface area contributed by atoms with Crippen molar-refractivity contribution in [3.63, 3.8) is 0 Å². The third-order valence-electron chi connectivity index (χ3n) is 14.3. The Kier molecular flexibility index (Phi) is 8.77. The highest BCUT2D eigenvalue weighted by Crippen LogP contribution is 2.61. The van der Waals surface area contributed by atoms with Gasteiger partial charge in [-0.25, -0.2) is 0 Å². The van der Waals surface area contributed by atoms with Gasteiger partial charge in [0.25, 0.3) is 0 Å². The van der Waals surface area contributed by atoms with Crippen molar-refractivity contribution in [2.75, 3.05) is 9.80 Å². The van der Waals surface area contributed by atoms with Gasteiger partial charge in [0, 0.05) is 33.2 Å². The molecule has 1 aliphatic rings. The highest BCUT2D eigenvalue weighted by atomic mass is 16.3. The van der Waals surface area contributed by atoms with Gasteiger partial charge < -0.3 is 18.6 Å². The first-order valence-electron chi connectivity index (χ1n) is 23.6. The summed E-state index contributed by atoms with van der Waals surface area (Å²) in [5.74, 6) is 0. The second-order valence-corrected chi connectivity index (χ2v) is 17.9. The molecule has 0 saturated carbocycles. The Morgan fingerprint density at radius 3 is 1.30 bits per heavy atom. The quantitative estimate of drug-likeness (QED) is 0.152. The monoisotopic (exact) mass is 882 g/mol. The van der Waals surface area contributed by atoms with Gasteiger partial charge in [0.2, 0.25) is 0 Å². The van der Waals surface area contributed by atoms with Crippen molar-refractivity contribution in [2.24, 2.45) is 0 Å². The van der Waals surface area contributed by atoms with Crippen molar-refractivity contribution in [3.8, 4) is 11.1 Å². The molecule has 0 fully saturated rings. The van der Waals surface area contributed by atoms with E-state index in [4.69, 9.17) is 8.83 Å². The molecule has 0 radical (unpaired) electrons. The van der Waals surface area contributed by atoms with Crippen LogP contribution < -0.4 is 9.80 Å². The lowest BCUT2D eigenvalue weighted by Gasteiger charge is -2.36. The van der Waals surface area contributed by atoms with Crippen molar-refractivity contribution in [3.05, 3.63) is 277 Å². The summed E-state index contributed by atoms with van der Waals surface area (Å²) in [6.45, 7) is 0. The van der Waals surface area contributed by atoms with Gasteiger partial charge in [0.1, 0.15) is 22.3 Å². The van der Waals surface area contributed by atoms with Crippen LogP contribution in [0.4, 0.5) is 34.1 Å². The maximum Gasteiger partial charge on any atom is 0.137 e. The molecule has 11 aromatic carbocycles. The number of furan rings is 2. The minimum atomic E-state index is -0.741. The van der Waals surface area contributed by atoms with Crippen LogP contribution in [0.5, 0.6) is 0 Å². The number of benzene rings is 11. The fourth-order valence-electron chi connectivity index (χ4n) is 11.5. The van der Waals surface area contributed by atoms with Gasteiger partial charge in [-0.3, -0.25) is 0 Å². The molecule has 0 bridgehead atoms. The number of rotatable bonds is 8. The number of nitrogens with zero attached hydrogens (tertiary/aromatic N) is 2. The number of fused-ring (bicyclic) bond motifs is 11. The summed E-state index contributed by atoms with van der Waals surface area (Å²) >= 11 is 0. The lowest BCUT2D eigenvalue weighted by atomic mass is 9.67. The molecule has 0 amide bonds. The lowest BCUT2D eigenvalue weighted by Crippen LogP contribution is -2.29. The van der Waals surface area contributed by atoms with E-state index in [0.717, 1.165) is 83.4 Å². The van der Waals surface area contributed by atoms with E-state index in [9.17, 15) is 0 Å². The molecule has 13 aromatic rings. The van der Waals surface area contributed by atoms with Gasteiger partial charge in [-0.1, -0.05) is 176 Å². The Morgan fingerprint density at radius 1 is 0.290 bits per heavy atom.